The zero-order chi connectivity index (χ0) is 16.9. The van der Waals surface area contributed by atoms with Gasteiger partial charge in [0, 0.05) is 12.2 Å². The molecule has 6 nitrogen and oxygen atoms in total. The Balaban J connectivity index is 2.00. The number of rotatable bonds is 7. The Morgan fingerprint density at radius 3 is 2.87 bits per heavy atom. The monoisotopic (exact) mass is 321 g/mol. The second kappa shape index (κ2) is 7.46. The van der Waals surface area contributed by atoms with E-state index < -0.39 is 17.4 Å². The SMILES string of the molecule is CCC(C)(NC(=O)c1cccc(OCC2CCCO2)c1)C(=O)O. The van der Waals surface area contributed by atoms with Gasteiger partial charge in [0.1, 0.15) is 17.9 Å². The number of ether oxygens (including phenoxy) is 2. The van der Waals surface area contributed by atoms with E-state index in [0.717, 1.165) is 19.4 Å². The van der Waals surface area contributed by atoms with Gasteiger partial charge in [0.05, 0.1) is 6.10 Å². The summed E-state index contributed by atoms with van der Waals surface area (Å²) in [6, 6.07) is 6.72. The summed E-state index contributed by atoms with van der Waals surface area (Å²) in [6.07, 6.45) is 2.42. The van der Waals surface area contributed by atoms with Gasteiger partial charge < -0.3 is 19.9 Å². The lowest BCUT2D eigenvalue weighted by atomic mass is 9.98. The normalized spacial score (nSPS) is 19.8. The van der Waals surface area contributed by atoms with Crippen molar-refractivity contribution in [3.05, 3.63) is 29.8 Å². The molecule has 2 atom stereocenters. The van der Waals surface area contributed by atoms with Crippen molar-refractivity contribution in [2.24, 2.45) is 0 Å². The van der Waals surface area contributed by atoms with Gasteiger partial charge in [-0.15, -0.1) is 0 Å². The Bertz CT molecular complexity index is 568. The van der Waals surface area contributed by atoms with Gasteiger partial charge in [0.2, 0.25) is 0 Å². The molecule has 6 heteroatoms. The molecular formula is C17H23NO5. The van der Waals surface area contributed by atoms with Gasteiger partial charge in [-0.2, -0.15) is 0 Å². The van der Waals surface area contributed by atoms with Gasteiger partial charge in [-0.3, -0.25) is 4.79 Å². The molecule has 0 aliphatic carbocycles. The number of aliphatic carboxylic acids is 1. The quantitative estimate of drug-likeness (QED) is 0.804. The number of carbonyl (C=O) groups is 2. The maximum atomic E-state index is 12.3. The van der Waals surface area contributed by atoms with Crippen LogP contribution in [0.1, 0.15) is 43.5 Å². The summed E-state index contributed by atoms with van der Waals surface area (Å²) in [5.74, 6) is -0.917. The van der Waals surface area contributed by atoms with E-state index in [-0.39, 0.29) is 6.10 Å². The predicted octanol–water partition coefficient (Wildman–Crippen LogP) is 2.23. The van der Waals surface area contributed by atoms with Crippen LogP contribution in [0.4, 0.5) is 0 Å². The van der Waals surface area contributed by atoms with Gasteiger partial charge in [-0.1, -0.05) is 13.0 Å². The maximum absolute atomic E-state index is 12.3. The minimum Gasteiger partial charge on any atom is -0.491 e. The number of nitrogens with one attached hydrogen (secondary N) is 1. The van der Waals surface area contributed by atoms with Crippen LogP contribution in [0, 0.1) is 0 Å². The van der Waals surface area contributed by atoms with Crippen LogP contribution in [-0.4, -0.2) is 41.8 Å². The van der Waals surface area contributed by atoms with E-state index in [1.54, 1.807) is 31.2 Å². The molecule has 126 valence electrons. The van der Waals surface area contributed by atoms with Crippen molar-refractivity contribution in [1.82, 2.24) is 5.32 Å². The summed E-state index contributed by atoms with van der Waals surface area (Å²) in [7, 11) is 0. The summed E-state index contributed by atoms with van der Waals surface area (Å²) < 4.78 is 11.2. The molecule has 2 rings (SSSR count). The van der Waals surface area contributed by atoms with E-state index in [1.807, 2.05) is 0 Å². The van der Waals surface area contributed by atoms with Crippen molar-refractivity contribution < 1.29 is 24.2 Å². The van der Waals surface area contributed by atoms with E-state index in [0.29, 0.717) is 24.3 Å². The third-order valence-electron chi connectivity index (χ3n) is 4.12. The fourth-order valence-corrected chi connectivity index (χ4v) is 2.31. The molecule has 0 radical (unpaired) electrons. The molecule has 1 amide bonds. The van der Waals surface area contributed by atoms with Crippen LogP contribution in [-0.2, 0) is 9.53 Å². The summed E-state index contributed by atoms with van der Waals surface area (Å²) in [5, 5.41) is 11.8. The number of carbonyl (C=O) groups excluding carboxylic acids is 1. The van der Waals surface area contributed by atoms with E-state index in [2.05, 4.69) is 5.32 Å². The van der Waals surface area contributed by atoms with Gasteiger partial charge in [0.15, 0.2) is 0 Å². The highest BCUT2D eigenvalue weighted by Gasteiger charge is 2.33. The van der Waals surface area contributed by atoms with Crippen molar-refractivity contribution in [2.45, 2.75) is 44.8 Å². The molecule has 2 N–H and O–H groups in total. The largest absolute Gasteiger partial charge is 0.491 e. The Labute approximate surface area is 135 Å². The standard InChI is InChI=1S/C17H23NO5/c1-3-17(2,16(20)21)18-15(19)12-6-4-7-13(10-12)23-11-14-8-5-9-22-14/h4,6-7,10,14H,3,5,8-9,11H2,1-2H3,(H,18,19)(H,20,21). The number of hydrogen-bond acceptors (Lipinski definition) is 4. The Morgan fingerprint density at radius 1 is 1.48 bits per heavy atom. The molecule has 0 spiro atoms. The van der Waals surface area contributed by atoms with E-state index in [4.69, 9.17) is 9.47 Å². The average Bonchev–Trinajstić information content (AvgIpc) is 3.06. The molecule has 1 aromatic carbocycles. The molecule has 1 heterocycles. The maximum Gasteiger partial charge on any atom is 0.329 e. The van der Waals surface area contributed by atoms with Crippen molar-refractivity contribution in [1.29, 1.82) is 0 Å². The van der Waals surface area contributed by atoms with Crippen LogP contribution < -0.4 is 10.1 Å². The van der Waals surface area contributed by atoms with Gasteiger partial charge in [-0.05, 0) is 44.4 Å². The molecular weight excluding hydrogens is 298 g/mol. The average molecular weight is 321 g/mol. The van der Waals surface area contributed by atoms with Gasteiger partial charge >= 0.3 is 5.97 Å². The van der Waals surface area contributed by atoms with Crippen molar-refractivity contribution in [3.8, 4) is 5.75 Å². The van der Waals surface area contributed by atoms with E-state index in [1.165, 1.54) is 6.92 Å². The first-order chi connectivity index (χ1) is 10.9. The molecule has 1 aromatic rings. The van der Waals surface area contributed by atoms with E-state index >= 15 is 0 Å². The number of carboxylic acids is 1. The fraction of sp³-hybridized carbons (Fsp3) is 0.529. The highest BCUT2D eigenvalue weighted by atomic mass is 16.5. The highest BCUT2D eigenvalue weighted by molar-refractivity contribution is 5.98. The fourth-order valence-electron chi connectivity index (χ4n) is 2.31. The van der Waals surface area contributed by atoms with Gasteiger partial charge in [-0.25, -0.2) is 4.79 Å². The zero-order valence-electron chi connectivity index (χ0n) is 13.5. The molecule has 0 saturated carbocycles. The third kappa shape index (κ3) is 4.45. The summed E-state index contributed by atoms with van der Waals surface area (Å²) in [5.41, 5.74) is -0.915. The zero-order valence-corrected chi connectivity index (χ0v) is 13.5. The molecule has 1 aliphatic rings. The smallest absolute Gasteiger partial charge is 0.329 e. The Kier molecular flexibility index (Phi) is 5.60. The third-order valence-corrected chi connectivity index (χ3v) is 4.12. The lowest BCUT2D eigenvalue weighted by Gasteiger charge is -2.24. The molecule has 23 heavy (non-hydrogen) atoms. The summed E-state index contributed by atoms with van der Waals surface area (Å²) >= 11 is 0. The molecule has 0 bridgehead atoms. The van der Waals surface area contributed by atoms with Crippen LogP contribution in [0.5, 0.6) is 5.75 Å². The number of carboxylic acid groups (broad SMARTS) is 1. The highest BCUT2D eigenvalue weighted by Crippen LogP contribution is 2.18. The van der Waals surface area contributed by atoms with Crippen LogP contribution in [0.2, 0.25) is 0 Å². The minimum absolute atomic E-state index is 0.0999. The Hall–Kier alpha value is -2.08. The lowest BCUT2D eigenvalue weighted by Crippen LogP contribution is -2.51. The lowest BCUT2D eigenvalue weighted by molar-refractivity contribution is -0.143. The molecule has 2 unspecified atom stereocenters. The number of hydrogen-bond donors (Lipinski definition) is 2. The Morgan fingerprint density at radius 2 is 2.26 bits per heavy atom. The molecule has 1 aliphatic heterocycles. The van der Waals surface area contributed by atoms with E-state index in [9.17, 15) is 14.7 Å². The first kappa shape index (κ1) is 17.3. The summed E-state index contributed by atoms with van der Waals surface area (Å²) in [6.45, 7) is 4.43. The van der Waals surface area contributed by atoms with Crippen molar-refractivity contribution in [3.63, 3.8) is 0 Å². The van der Waals surface area contributed by atoms with Crippen molar-refractivity contribution >= 4 is 11.9 Å². The molecule has 1 saturated heterocycles. The summed E-state index contributed by atoms with van der Waals surface area (Å²) in [4.78, 5) is 23.6. The second-order valence-electron chi connectivity index (χ2n) is 5.92. The van der Waals surface area contributed by atoms with Crippen LogP contribution >= 0.6 is 0 Å². The van der Waals surface area contributed by atoms with Crippen LogP contribution in [0.15, 0.2) is 24.3 Å². The molecule has 1 fully saturated rings. The van der Waals surface area contributed by atoms with Gasteiger partial charge in [0.25, 0.3) is 5.91 Å². The minimum atomic E-state index is -1.29. The number of benzene rings is 1. The first-order valence-corrected chi connectivity index (χ1v) is 7.85. The predicted molar refractivity (Wildman–Crippen MR) is 84.7 cm³/mol. The van der Waals surface area contributed by atoms with Crippen LogP contribution in [0.25, 0.3) is 0 Å². The second-order valence-corrected chi connectivity index (χ2v) is 5.92. The number of amides is 1. The van der Waals surface area contributed by atoms with Crippen molar-refractivity contribution in [2.75, 3.05) is 13.2 Å². The first-order valence-electron chi connectivity index (χ1n) is 7.85. The van der Waals surface area contributed by atoms with Crippen LogP contribution in [0.3, 0.4) is 0 Å². The topological polar surface area (TPSA) is 84.9 Å². The molecule has 0 aromatic heterocycles.